The molecule has 0 aromatic heterocycles. The summed E-state index contributed by atoms with van der Waals surface area (Å²) in [6, 6.07) is 12.3. The third-order valence-electron chi connectivity index (χ3n) is 7.34. The van der Waals surface area contributed by atoms with Crippen molar-refractivity contribution >= 4 is 0 Å². The van der Waals surface area contributed by atoms with E-state index in [1.807, 2.05) is 0 Å². The smallest absolute Gasteiger partial charge is 0.160 e. The van der Waals surface area contributed by atoms with Crippen LogP contribution in [0.1, 0.15) is 87.3 Å². The van der Waals surface area contributed by atoms with E-state index in [1.165, 1.54) is 69.4 Å². The Labute approximate surface area is 180 Å². The highest BCUT2D eigenvalue weighted by Crippen LogP contribution is 2.48. The molecule has 0 spiro atoms. The molecule has 0 saturated heterocycles. The summed E-state index contributed by atoms with van der Waals surface area (Å²) in [6.07, 6.45) is 12.5. The number of fused-ring (bicyclic) bond motifs is 1. The fourth-order valence-corrected chi connectivity index (χ4v) is 5.60. The largest absolute Gasteiger partial charge is 0.204 e. The van der Waals surface area contributed by atoms with Crippen LogP contribution in [0.5, 0.6) is 0 Å². The Bertz CT molecular complexity index is 902. The molecule has 30 heavy (non-hydrogen) atoms. The van der Waals surface area contributed by atoms with Crippen LogP contribution in [0.15, 0.2) is 42.5 Å². The lowest BCUT2D eigenvalue weighted by atomic mass is 9.63. The molecule has 2 saturated carbocycles. The summed E-state index contributed by atoms with van der Waals surface area (Å²) in [7, 11) is 0. The van der Waals surface area contributed by atoms with Crippen molar-refractivity contribution in [2.75, 3.05) is 0 Å². The molecule has 0 bridgehead atoms. The van der Waals surface area contributed by atoms with Gasteiger partial charge in [0.1, 0.15) is 0 Å². The van der Waals surface area contributed by atoms with Crippen LogP contribution in [0.25, 0.3) is 0 Å². The molecule has 158 valence electrons. The first-order valence-corrected chi connectivity index (χ1v) is 11.7. The Hall–Kier alpha value is -2.14. The first-order valence-electron chi connectivity index (χ1n) is 11.7. The van der Waals surface area contributed by atoms with E-state index in [0.29, 0.717) is 11.5 Å². The average molecular weight is 407 g/mol. The molecule has 0 radical (unpaired) electrons. The number of unbranched alkanes of at least 4 members (excludes halogenated alkanes) is 1. The van der Waals surface area contributed by atoms with Gasteiger partial charge in [0.2, 0.25) is 0 Å². The molecule has 2 aromatic rings. The fraction of sp³-hybridized carbons (Fsp3) is 0.500. The Morgan fingerprint density at radius 1 is 0.800 bits per heavy atom. The molecule has 4 atom stereocenters. The molecule has 4 rings (SSSR count). The van der Waals surface area contributed by atoms with Crippen LogP contribution in [0.3, 0.4) is 0 Å². The molecule has 0 nitrogen and oxygen atoms in total. The quantitative estimate of drug-likeness (QED) is 0.453. The van der Waals surface area contributed by atoms with Gasteiger partial charge in [-0.2, -0.15) is 0 Å². The maximum Gasteiger partial charge on any atom is 0.160 e. The van der Waals surface area contributed by atoms with Crippen molar-refractivity contribution < 1.29 is 8.78 Å². The normalized spacial score (nSPS) is 25.8. The minimum absolute atomic E-state index is 0.492. The third kappa shape index (κ3) is 5.12. The van der Waals surface area contributed by atoms with Crippen LogP contribution in [0.2, 0.25) is 0 Å². The van der Waals surface area contributed by atoms with Gasteiger partial charge in [-0.05, 0) is 91.7 Å². The molecular weight excluding hydrogens is 374 g/mol. The maximum atomic E-state index is 13.3. The van der Waals surface area contributed by atoms with Gasteiger partial charge in [0.25, 0.3) is 0 Å². The first-order chi connectivity index (χ1) is 14.6. The van der Waals surface area contributed by atoms with Gasteiger partial charge >= 0.3 is 0 Å². The predicted molar refractivity (Wildman–Crippen MR) is 119 cm³/mol. The molecule has 2 aliphatic rings. The Morgan fingerprint density at radius 2 is 1.50 bits per heavy atom. The minimum Gasteiger partial charge on any atom is -0.204 e. The van der Waals surface area contributed by atoms with Gasteiger partial charge in [-0.25, -0.2) is 8.78 Å². The standard InChI is InChI=1S/C28H32F2/c1-2-3-4-21-9-13-26-19-25(15-14-24(26)17-21)23-11-7-20(8-12-23)5-6-22-10-16-27(29)28(30)18-22/h7-8,10-12,16,18,21,24-26H,2-4,9,13-15,17,19H2,1H3. The average Bonchev–Trinajstić information content (AvgIpc) is 2.78. The van der Waals surface area contributed by atoms with E-state index in [4.69, 9.17) is 0 Å². The maximum absolute atomic E-state index is 13.3. The SMILES string of the molecule is CCCCC1CCC2CC(c3ccc(C#Cc4ccc(F)c(F)c4)cc3)CCC2C1. The molecule has 2 heteroatoms. The zero-order valence-electron chi connectivity index (χ0n) is 18.0. The molecule has 0 heterocycles. The second-order valence-corrected chi connectivity index (χ2v) is 9.35. The zero-order chi connectivity index (χ0) is 20.9. The van der Waals surface area contributed by atoms with E-state index in [9.17, 15) is 8.78 Å². The predicted octanol–water partition coefficient (Wildman–Crippen LogP) is 7.85. The molecule has 4 unspecified atom stereocenters. The second-order valence-electron chi connectivity index (χ2n) is 9.35. The summed E-state index contributed by atoms with van der Waals surface area (Å²) in [4.78, 5) is 0. The number of hydrogen-bond acceptors (Lipinski definition) is 0. The van der Waals surface area contributed by atoms with Crippen molar-refractivity contribution in [1.29, 1.82) is 0 Å². The van der Waals surface area contributed by atoms with Crippen molar-refractivity contribution in [3.63, 3.8) is 0 Å². The van der Waals surface area contributed by atoms with Gasteiger partial charge in [0.15, 0.2) is 11.6 Å². The van der Waals surface area contributed by atoms with Gasteiger partial charge < -0.3 is 0 Å². The zero-order valence-corrected chi connectivity index (χ0v) is 18.0. The molecule has 0 aliphatic heterocycles. The molecule has 0 N–H and O–H groups in total. The van der Waals surface area contributed by atoms with Gasteiger partial charge in [0.05, 0.1) is 0 Å². The fourth-order valence-electron chi connectivity index (χ4n) is 5.60. The van der Waals surface area contributed by atoms with E-state index in [1.54, 1.807) is 0 Å². The molecule has 0 amide bonds. The van der Waals surface area contributed by atoms with E-state index >= 15 is 0 Å². The monoisotopic (exact) mass is 406 g/mol. The van der Waals surface area contributed by atoms with Crippen molar-refractivity contribution in [2.24, 2.45) is 17.8 Å². The summed E-state index contributed by atoms with van der Waals surface area (Å²) in [5.74, 6) is 7.82. The summed E-state index contributed by atoms with van der Waals surface area (Å²) >= 11 is 0. The summed E-state index contributed by atoms with van der Waals surface area (Å²) in [6.45, 7) is 2.30. The van der Waals surface area contributed by atoms with Gasteiger partial charge in [-0.15, -0.1) is 0 Å². The highest BCUT2D eigenvalue weighted by molar-refractivity contribution is 5.44. The topological polar surface area (TPSA) is 0 Å². The highest BCUT2D eigenvalue weighted by Gasteiger charge is 2.35. The van der Waals surface area contributed by atoms with Crippen molar-refractivity contribution in [2.45, 2.75) is 70.6 Å². The van der Waals surface area contributed by atoms with Crippen LogP contribution in [-0.4, -0.2) is 0 Å². The van der Waals surface area contributed by atoms with Gasteiger partial charge in [-0.3, -0.25) is 0 Å². The third-order valence-corrected chi connectivity index (χ3v) is 7.34. The van der Waals surface area contributed by atoms with E-state index < -0.39 is 11.6 Å². The van der Waals surface area contributed by atoms with Crippen molar-refractivity contribution in [3.8, 4) is 11.8 Å². The van der Waals surface area contributed by atoms with Crippen LogP contribution >= 0.6 is 0 Å². The Morgan fingerprint density at radius 3 is 2.27 bits per heavy atom. The minimum atomic E-state index is -0.854. The lowest BCUT2D eigenvalue weighted by Gasteiger charge is -2.42. The van der Waals surface area contributed by atoms with Crippen LogP contribution < -0.4 is 0 Å². The lowest BCUT2D eigenvalue weighted by molar-refractivity contribution is 0.113. The lowest BCUT2D eigenvalue weighted by Crippen LogP contribution is -2.30. The summed E-state index contributed by atoms with van der Waals surface area (Å²) in [5.41, 5.74) is 2.83. The number of benzene rings is 2. The molecule has 2 aromatic carbocycles. The number of halogens is 2. The molecule has 2 fully saturated rings. The van der Waals surface area contributed by atoms with Gasteiger partial charge in [-0.1, -0.05) is 56.6 Å². The van der Waals surface area contributed by atoms with Crippen molar-refractivity contribution in [3.05, 3.63) is 70.8 Å². The van der Waals surface area contributed by atoms with Gasteiger partial charge in [0, 0.05) is 11.1 Å². The highest BCUT2D eigenvalue weighted by atomic mass is 19.2. The van der Waals surface area contributed by atoms with E-state index in [-0.39, 0.29) is 0 Å². The van der Waals surface area contributed by atoms with Crippen LogP contribution in [0, 0.1) is 41.2 Å². The number of hydrogen-bond donors (Lipinski definition) is 0. The summed E-state index contributed by atoms with van der Waals surface area (Å²) in [5, 5.41) is 0. The Balaban J connectivity index is 1.35. The van der Waals surface area contributed by atoms with E-state index in [0.717, 1.165) is 35.4 Å². The second kappa shape index (κ2) is 9.78. The first kappa shape index (κ1) is 21.1. The van der Waals surface area contributed by atoms with Crippen molar-refractivity contribution in [1.82, 2.24) is 0 Å². The number of rotatable bonds is 4. The van der Waals surface area contributed by atoms with Crippen LogP contribution in [0.4, 0.5) is 8.78 Å². The molecular formula is C28H32F2. The Kier molecular flexibility index (Phi) is 6.88. The summed E-state index contributed by atoms with van der Waals surface area (Å²) < 4.78 is 26.3. The molecule has 2 aliphatic carbocycles. The van der Waals surface area contributed by atoms with Crippen LogP contribution in [-0.2, 0) is 0 Å². The van der Waals surface area contributed by atoms with E-state index in [2.05, 4.69) is 43.0 Å².